The fraction of sp³-hybridized carbons (Fsp3) is 0.200. The van der Waals surface area contributed by atoms with Crippen molar-refractivity contribution in [2.24, 2.45) is 0 Å². The summed E-state index contributed by atoms with van der Waals surface area (Å²) in [5.74, 6) is -0.160. The second-order valence-corrected chi connectivity index (χ2v) is 3.33. The molecule has 0 amide bonds. The first-order valence-corrected chi connectivity index (χ1v) is 3.78. The fourth-order valence-corrected chi connectivity index (χ4v) is 1.56. The Kier molecular flexibility index (Phi) is 1.68. The zero-order chi connectivity index (χ0) is 6.15. The minimum Gasteiger partial charge on any atom is -0.205 e. The summed E-state index contributed by atoms with van der Waals surface area (Å²) >= 11 is 4.49. The summed E-state index contributed by atoms with van der Waals surface area (Å²) in [6, 6.07) is 0. The van der Waals surface area contributed by atoms with Gasteiger partial charge in [0.2, 0.25) is 0 Å². The molecule has 0 aliphatic carbocycles. The molecule has 0 aromatic carbocycles. The summed E-state index contributed by atoms with van der Waals surface area (Å²) in [6.45, 7) is 1.87. The van der Waals surface area contributed by atoms with Gasteiger partial charge in [0.05, 0.1) is 4.47 Å². The molecular weight excluding hydrogens is 191 g/mol. The highest BCUT2D eigenvalue weighted by atomic mass is 79.9. The number of thiophene rings is 1. The molecule has 0 fully saturated rings. The Hall–Kier alpha value is 0.110. The van der Waals surface area contributed by atoms with Crippen LogP contribution in [0.5, 0.6) is 0 Å². The van der Waals surface area contributed by atoms with Crippen molar-refractivity contribution in [3.63, 3.8) is 0 Å². The Labute approximate surface area is 59.5 Å². The maximum atomic E-state index is 12.3. The summed E-state index contributed by atoms with van der Waals surface area (Å²) in [6.07, 6.45) is 0. The molecule has 0 atom stereocenters. The van der Waals surface area contributed by atoms with Crippen LogP contribution < -0.4 is 0 Å². The number of halogens is 2. The lowest BCUT2D eigenvalue weighted by atomic mass is 10.5. The van der Waals surface area contributed by atoms with Gasteiger partial charge in [-0.05, 0) is 22.9 Å². The summed E-state index contributed by atoms with van der Waals surface area (Å²) in [5.41, 5.74) is 0. The molecule has 0 saturated heterocycles. The molecule has 44 valence electrons. The number of aryl methyl sites for hydroxylation is 1. The Morgan fingerprint density at radius 3 is 2.50 bits per heavy atom. The third-order valence-electron chi connectivity index (χ3n) is 0.858. The molecule has 0 aliphatic rings. The Morgan fingerprint density at radius 1 is 1.75 bits per heavy atom. The largest absolute Gasteiger partial charge is 0.205 e. The summed E-state index contributed by atoms with van der Waals surface area (Å²) < 4.78 is 12.9. The highest BCUT2D eigenvalue weighted by Gasteiger charge is 2.01. The standard InChI is InChI=1S/C5H4BrFS/c1-3-5(6)4(7)2-8-3/h2H,1H3. The van der Waals surface area contributed by atoms with Crippen LogP contribution in [0, 0.1) is 12.7 Å². The van der Waals surface area contributed by atoms with E-state index >= 15 is 0 Å². The van der Waals surface area contributed by atoms with Crippen molar-refractivity contribution in [2.45, 2.75) is 6.92 Å². The van der Waals surface area contributed by atoms with E-state index in [9.17, 15) is 4.39 Å². The Bertz CT molecular complexity index is 175. The van der Waals surface area contributed by atoms with Gasteiger partial charge in [-0.2, -0.15) is 0 Å². The van der Waals surface area contributed by atoms with E-state index in [4.69, 9.17) is 0 Å². The topological polar surface area (TPSA) is 0 Å². The van der Waals surface area contributed by atoms with E-state index in [2.05, 4.69) is 15.9 Å². The molecule has 1 aromatic rings. The second kappa shape index (κ2) is 2.15. The van der Waals surface area contributed by atoms with Crippen LogP contribution in [0.25, 0.3) is 0 Å². The quantitative estimate of drug-likeness (QED) is 0.596. The molecule has 3 heteroatoms. The summed E-state index contributed by atoms with van der Waals surface area (Å²) in [7, 11) is 0. The van der Waals surface area contributed by atoms with E-state index in [0.29, 0.717) is 4.47 Å². The average Bonchev–Trinajstić information content (AvgIpc) is 1.98. The van der Waals surface area contributed by atoms with Crippen LogP contribution in [-0.4, -0.2) is 0 Å². The molecule has 0 spiro atoms. The van der Waals surface area contributed by atoms with Crippen molar-refractivity contribution in [1.29, 1.82) is 0 Å². The van der Waals surface area contributed by atoms with E-state index < -0.39 is 0 Å². The van der Waals surface area contributed by atoms with Gasteiger partial charge in [-0.1, -0.05) is 0 Å². The zero-order valence-corrected chi connectivity index (χ0v) is 6.64. The van der Waals surface area contributed by atoms with Crippen molar-refractivity contribution < 1.29 is 4.39 Å². The molecular formula is C5H4BrFS. The molecule has 1 aromatic heterocycles. The van der Waals surface area contributed by atoms with Gasteiger partial charge in [-0.15, -0.1) is 11.3 Å². The van der Waals surface area contributed by atoms with Gasteiger partial charge >= 0.3 is 0 Å². The lowest BCUT2D eigenvalue weighted by Gasteiger charge is -1.80. The third kappa shape index (κ3) is 0.928. The average molecular weight is 195 g/mol. The first-order valence-electron chi connectivity index (χ1n) is 2.11. The van der Waals surface area contributed by atoms with Gasteiger partial charge in [-0.3, -0.25) is 0 Å². The fourth-order valence-electron chi connectivity index (χ4n) is 0.412. The molecule has 8 heavy (non-hydrogen) atoms. The SMILES string of the molecule is Cc1scc(F)c1Br. The maximum absolute atomic E-state index is 12.3. The molecule has 0 radical (unpaired) electrons. The number of hydrogen-bond donors (Lipinski definition) is 0. The van der Waals surface area contributed by atoms with E-state index in [1.54, 1.807) is 0 Å². The molecule has 0 saturated carbocycles. The van der Waals surface area contributed by atoms with Crippen LogP contribution in [0.3, 0.4) is 0 Å². The van der Waals surface area contributed by atoms with Gasteiger partial charge in [0, 0.05) is 10.3 Å². The lowest BCUT2D eigenvalue weighted by Crippen LogP contribution is -1.64. The molecule has 0 nitrogen and oxygen atoms in total. The minimum atomic E-state index is -0.160. The van der Waals surface area contributed by atoms with Crippen LogP contribution in [0.2, 0.25) is 0 Å². The van der Waals surface area contributed by atoms with Crippen LogP contribution in [0.1, 0.15) is 4.88 Å². The van der Waals surface area contributed by atoms with Gasteiger partial charge in [-0.25, -0.2) is 4.39 Å². The Morgan fingerprint density at radius 2 is 2.38 bits per heavy atom. The van der Waals surface area contributed by atoms with Gasteiger partial charge < -0.3 is 0 Å². The summed E-state index contributed by atoms with van der Waals surface area (Å²) in [4.78, 5) is 0.988. The normalized spacial score (nSPS) is 9.88. The van der Waals surface area contributed by atoms with Crippen molar-refractivity contribution in [1.82, 2.24) is 0 Å². The highest BCUT2D eigenvalue weighted by molar-refractivity contribution is 9.10. The molecule has 0 bridgehead atoms. The molecule has 1 heterocycles. The highest BCUT2D eigenvalue weighted by Crippen LogP contribution is 2.25. The molecule has 0 aliphatic heterocycles. The monoisotopic (exact) mass is 194 g/mol. The van der Waals surface area contributed by atoms with Crippen LogP contribution >= 0.6 is 27.3 Å². The molecule has 0 N–H and O–H groups in total. The zero-order valence-electron chi connectivity index (χ0n) is 4.24. The van der Waals surface area contributed by atoms with Crippen molar-refractivity contribution in [3.05, 3.63) is 20.5 Å². The lowest BCUT2D eigenvalue weighted by molar-refractivity contribution is 0.626. The molecule has 1 rings (SSSR count). The van der Waals surface area contributed by atoms with E-state index in [1.807, 2.05) is 6.92 Å². The molecule has 0 unspecified atom stereocenters. The minimum absolute atomic E-state index is 0.160. The van der Waals surface area contributed by atoms with Crippen LogP contribution in [-0.2, 0) is 0 Å². The van der Waals surface area contributed by atoms with E-state index in [0.717, 1.165) is 4.88 Å². The van der Waals surface area contributed by atoms with Crippen LogP contribution in [0.4, 0.5) is 4.39 Å². The number of rotatable bonds is 0. The predicted octanol–water partition coefficient (Wildman–Crippen LogP) is 2.96. The third-order valence-corrected chi connectivity index (χ3v) is 2.98. The van der Waals surface area contributed by atoms with E-state index in [1.165, 1.54) is 16.7 Å². The van der Waals surface area contributed by atoms with Crippen molar-refractivity contribution in [3.8, 4) is 0 Å². The van der Waals surface area contributed by atoms with Gasteiger partial charge in [0.25, 0.3) is 0 Å². The van der Waals surface area contributed by atoms with Crippen molar-refractivity contribution in [2.75, 3.05) is 0 Å². The summed E-state index contributed by atoms with van der Waals surface area (Å²) in [5, 5.41) is 1.49. The predicted molar refractivity (Wildman–Crippen MR) is 36.7 cm³/mol. The first kappa shape index (κ1) is 6.23. The first-order chi connectivity index (χ1) is 3.72. The number of hydrogen-bond acceptors (Lipinski definition) is 1. The second-order valence-electron chi connectivity index (χ2n) is 1.45. The van der Waals surface area contributed by atoms with Gasteiger partial charge in [0.1, 0.15) is 5.82 Å². The van der Waals surface area contributed by atoms with E-state index in [-0.39, 0.29) is 5.82 Å². The van der Waals surface area contributed by atoms with Gasteiger partial charge in [0.15, 0.2) is 0 Å². The van der Waals surface area contributed by atoms with Crippen molar-refractivity contribution >= 4 is 27.3 Å². The smallest absolute Gasteiger partial charge is 0.148 e. The van der Waals surface area contributed by atoms with Crippen LogP contribution in [0.15, 0.2) is 9.85 Å². The Balaban J connectivity index is 3.19. The maximum Gasteiger partial charge on any atom is 0.148 e.